The van der Waals surface area contributed by atoms with Gasteiger partial charge in [0, 0.05) is 26.0 Å². The van der Waals surface area contributed by atoms with Crippen LogP contribution in [0.5, 0.6) is 0 Å². The largest absolute Gasteiger partial charge is 0.332 e. The molecule has 0 aliphatic rings. The second-order valence-corrected chi connectivity index (χ2v) is 9.12. The second kappa shape index (κ2) is 8.20. The van der Waals surface area contributed by atoms with Gasteiger partial charge in [-0.15, -0.1) is 22.7 Å². The van der Waals surface area contributed by atoms with E-state index in [1.165, 1.54) is 34.7 Å². The van der Waals surface area contributed by atoms with E-state index < -0.39 is 11.2 Å². The lowest BCUT2D eigenvalue weighted by Gasteiger charge is -2.06. The molecule has 0 aliphatic heterocycles. The third-order valence-electron chi connectivity index (χ3n) is 4.49. The number of carbonyl (C=O) groups is 1. The van der Waals surface area contributed by atoms with E-state index in [1.807, 2.05) is 29.8 Å². The molecule has 0 bridgehead atoms. The van der Waals surface area contributed by atoms with Gasteiger partial charge in [0.2, 0.25) is 5.91 Å². The van der Waals surface area contributed by atoms with Crippen molar-refractivity contribution in [1.29, 1.82) is 0 Å². The number of anilines is 1. The van der Waals surface area contributed by atoms with E-state index in [2.05, 4.69) is 15.3 Å². The summed E-state index contributed by atoms with van der Waals surface area (Å²) in [6.45, 7) is 2.38. The minimum Gasteiger partial charge on any atom is -0.313 e. The van der Waals surface area contributed by atoms with Crippen molar-refractivity contribution in [1.82, 2.24) is 23.7 Å². The van der Waals surface area contributed by atoms with Crippen LogP contribution in [0.25, 0.3) is 21.7 Å². The van der Waals surface area contributed by atoms with Gasteiger partial charge in [0.15, 0.2) is 21.5 Å². The van der Waals surface area contributed by atoms with Crippen molar-refractivity contribution in [2.45, 2.75) is 18.6 Å². The lowest BCUT2D eigenvalue weighted by Crippen LogP contribution is -2.37. The lowest BCUT2D eigenvalue weighted by molar-refractivity contribution is -0.113. The number of fused-ring (bicyclic) bond motifs is 1. The maximum absolute atomic E-state index is 12.6. The Morgan fingerprint density at radius 3 is 2.70 bits per heavy atom. The Labute approximate surface area is 183 Å². The molecule has 0 atom stereocenters. The Hall–Kier alpha value is -2.70. The number of aryl methyl sites for hydroxylation is 2. The van der Waals surface area contributed by atoms with E-state index >= 15 is 0 Å². The molecule has 4 aromatic rings. The van der Waals surface area contributed by atoms with E-state index in [4.69, 9.17) is 0 Å². The van der Waals surface area contributed by atoms with E-state index in [0.717, 1.165) is 15.1 Å². The molecule has 0 saturated carbocycles. The van der Waals surface area contributed by atoms with Crippen LogP contribution < -0.4 is 16.6 Å². The quantitative estimate of drug-likeness (QED) is 0.441. The number of aromatic nitrogens is 5. The molecule has 4 rings (SSSR count). The number of nitrogens with one attached hydrogen (secondary N) is 1. The third kappa shape index (κ3) is 3.61. The maximum Gasteiger partial charge on any atom is 0.332 e. The van der Waals surface area contributed by atoms with Gasteiger partial charge in [-0.25, -0.2) is 14.8 Å². The summed E-state index contributed by atoms with van der Waals surface area (Å²) >= 11 is 4.17. The first kappa shape index (κ1) is 20.6. The number of thiophene rings is 1. The molecular formula is C18H18N6O3S3. The molecule has 12 heteroatoms. The van der Waals surface area contributed by atoms with Gasteiger partial charge in [0.05, 0.1) is 16.3 Å². The van der Waals surface area contributed by atoms with Crippen LogP contribution in [-0.4, -0.2) is 35.3 Å². The van der Waals surface area contributed by atoms with Crippen molar-refractivity contribution < 1.29 is 4.79 Å². The number of hydrogen-bond donors (Lipinski definition) is 1. The predicted molar refractivity (Wildman–Crippen MR) is 121 cm³/mol. The zero-order valence-corrected chi connectivity index (χ0v) is 18.9. The molecule has 1 N–H and O–H groups in total. The second-order valence-electron chi connectivity index (χ2n) is 6.37. The first-order chi connectivity index (χ1) is 14.4. The number of thiazole rings is 1. The van der Waals surface area contributed by atoms with Crippen molar-refractivity contribution >= 4 is 56.6 Å². The number of hydrogen-bond acceptors (Lipinski definition) is 8. The molecule has 0 unspecified atom stereocenters. The summed E-state index contributed by atoms with van der Waals surface area (Å²) < 4.78 is 4.13. The van der Waals surface area contributed by atoms with Crippen LogP contribution in [-0.2, 0) is 25.4 Å². The molecule has 0 fully saturated rings. The number of rotatable bonds is 6. The number of carbonyl (C=O) groups excluding carboxylic acids is 1. The number of amides is 1. The highest BCUT2D eigenvalue weighted by atomic mass is 32.2. The fraction of sp³-hybridized carbons (Fsp3) is 0.278. The number of imidazole rings is 1. The molecule has 0 aromatic carbocycles. The Kier molecular flexibility index (Phi) is 5.62. The molecule has 0 aliphatic carbocycles. The van der Waals surface area contributed by atoms with E-state index in [9.17, 15) is 14.4 Å². The summed E-state index contributed by atoms with van der Waals surface area (Å²) in [4.78, 5) is 47.1. The summed E-state index contributed by atoms with van der Waals surface area (Å²) in [7, 11) is 3.02. The lowest BCUT2D eigenvalue weighted by atomic mass is 10.4. The Bertz CT molecular complexity index is 1350. The molecule has 9 nitrogen and oxygen atoms in total. The van der Waals surface area contributed by atoms with Crippen molar-refractivity contribution in [2.75, 3.05) is 11.1 Å². The molecule has 0 spiro atoms. The smallest absolute Gasteiger partial charge is 0.313 e. The average Bonchev–Trinajstić information content (AvgIpc) is 3.48. The van der Waals surface area contributed by atoms with Gasteiger partial charge in [-0.3, -0.25) is 18.7 Å². The van der Waals surface area contributed by atoms with Crippen molar-refractivity contribution in [3.05, 3.63) is 43.7 Å². The average molecular weight is 463 g/mol. The third-order valence-corrected chi connectivity index (χ3v) is 7.11. The van der Waals surface area contributed by atoms with Crippen LogP contribution in [0.15, 0.2) is 37.6 Å². The maximum atomic E-state index is 12.6. The Balaban J connectivity index is 1.53. The minimum atomic E-state index is -0.437. The topological polar surface area (TPSA) is 104 Å². The predicted octanol–water partition coefficient (Wildman–Crippen LogP) is 2.37. The normalized spacial score (nSPS) is 11.3. The van der Waals surface area contributed by atoms with Crippen LogP contribution in [0.1, 0.15) is 6.92 Å². The molecule has 4 heterocycles. The molecular weight excluding hydrogens is 444 g/mol. The van der Waals surface area contributed by atoms with Gasteiger partial charge in [-0.2, -0.15) is 0 Å². The first-order valence-electron chi connectivity index (χ1n) is 8.99. The fourth-order valence-electron chi connectivity index (χ4n) is 2.98. The van der Waals surface area contributed by atoms with Gasteiger partial charge in [0.1, 0.15) is 0 Å². The molecule has 4 aromatic heterocycles. The highest BCUT2D eigenvalue weighted by Crippen LogP contribution is 2.28. The standard InChI is InChI=1S/C18H18N6O3S3/c1-4-24-13-14(22(2)18(27)23(3)15(13)26)21-17(24)30-9-12(25)20-16-19-10(8-29-16)11-6-5-7-28-11/h5-8H,4,9H2,1-3H3,(H,19,20,25). The van der Waals surface area contributed by atoms with Crippen LogP contribution in [0.2, 0.25) is 0 Å². The zero-order chi connectivity index (χ0) is 21.4. The van der Waals surface area contributed by atoms with Gasteiger partial charge in [0.25, 0.3) is 5.56 Å². The summed E-state index contributed by atoms with van der Waals surface area (Å²) in [6, 6.07) is 3.94. The summed E-state index contributed by atoms with van der Waals surface area (Å²) in [5, 5.41) is 7.73. The summed E-state index contributed by atoms with van der Waals surface area (Å²) in [5.74, 6) is -0.116. The Morgan fingerprint density at radius 1 is 1.20 bits per heavy atom. The van der Waals surface area contributed by atoms with E-state index in [0.29, 0.717) is 28.0 Å². The molecule has 156 valence electrons. The van der Waals surface area contributed by atoms with Crippen LogP contribution >= 0.6 is 34.4 Å². The molecule has 30 heavy (non-hydrogen) atoms. The first-order valence-corrected chi connectivity index (χ1v) is 11.7. The Morgan fingerprint density at radius 2 is 2.00 bits per heavy atom. The minimum absolute atomic E-state index is 0.103. The van der Waals surface area contributed by atoms with Gasteiger partial charge in [-0.05, 0) is 18.4 Å². The van der Waals surface area contributed by atoms with Crippen LogP contribution in [0.3, 0.4) is 0 Å². The van der Waals surface area contributed by atoms with Crippen LogP contribution in [0.4, 0.5) is 5.13 Å². The highest BCUT2D eigenvalue weighted by Gasteiger charge is 2.19. The molecule has 0 radical (unpaired) electrons. The highest BCUT2D eigenvalue weighted by molar-refractivity contribution is 7.99. The summed E-state index contributed by atoms with van der Waals surface area (Å²) in [6.07, 6.45) is 0. The van der Waals surface area contributed by atoms with Crippen LogP contribution in [0, 0.1) is 0 Å². The monoisotopic (exact) mass is 462 g/mol. The van der Waals surface area contributed by atoms with Gasteiger partial charge >= 0.3 is 5.69 Å². The van der Waals surface area contributed by atoms with Gasteiger partial charge < -0.3 is 9.88 Å². The van der Waals surface area contributed by atoms with E-state index in [1.54, 1.807) is 23.0 Å². The van der Waals surface area contributed by atoms with Crippen molar-refractivity contribution in [3.8, 4) is 10.6 Å². The van der Waals surface area contributed by atoms with Gasteiger partial charge in [-0.1, -0.05) is 17.8 Å². The molecule has 0 saturated heterocycles. The SMILES string of the molecule is CCn1c(SCC(=O)Nc2nc(-c3cccs3)cs2)nc2c1c(=O)n(C)c(=O)n2C. The number of thioether (sulfide) groups is 1. The van der Waals surface area contributed by atoms with E-state index in [-0.39, 0.29) is 11.7 Å². The molecule has 1 amide bonds. The fourth-order valence-corrected chi connectivity index (χ4v) is 5.33. The summed E-state index contributed by atoms with van der Waals surface area (Å²) in [5.41, 5.74) is 0.664. The van der Waals surface area contributed by atoms with Crippen molar-refractivity contribution in [2.24, 2.45) is 14.1 Å². The zero-order valence-electron chi connectivity index (χ0n) is 16.4. The number of nitrogens with zero attached hydrogens (tertiary/aromatic N) is 5. The van der Waals surface area contributed by atoms with Crippen molar-refractivity contribution in [3.63, 3.8) is 0 Å².